The number of benzene rings is 1. The zero-order valence-corrected chi connectivity index (χ0v) is 15.4. The van der Waals surface area contributed by atoms with Crippen molar-refractivity contribution in [1.82, 2.24) is 9.80 Å². The highest BCUT2D eigenvalue weighted by atomic mass is 32.2. The molecule has 2 heterocycles. The number of hydrogen-bond acceptors (Lipinski definition) is 5. The Kier molecular flexibility index (Phi) is 5.78. The molecule has 2 saturated heterocycles. The number of alkyl halides is 3. The first-order valence-corrected chi connectivity index (χ1v) is 10.2. The van der Waals surface area contributed by atoms with Gasteiger partial charge >= 0.3 is 5.51 Å². The first kappa shape index (κ1) is 20.1. The van der Waals surface area contributed by atoms with Gasteiger partial charge in [0.05, 0.1) is 11.0 Å². The molecule has 0 aromatic heterocycles. The third-order valence-corrected chi connectivity index (χ3v) is 6.36. The third-order valence-electron chi connectivity index (χ3n) is 4.86. The third kappa shape index (κ3) is 4.44. The van der Waals surface area contributed by atoms with E-state index in [-0.39, 0.29) is 17.6 Å². The summed E-state index contributed by atoms with van der Waals surface area (Å²) < 4.78 is 66.1. The molecule has 2 aliphatic rings. The fraction of sp³-hybridized carbons (Fsp3) is 0.588. The molecular formula is C17H21F3N2O4S. The van der Waals surface area contributed by atoms with Gasteiger partial charge in [-0.15, -0.1) is 0 Å². The first-order valence-electron chi connectivity index (χ1n) is 8.73. The van der Waals surface area contributed by atoms with Crippen LogP contribution in [0.15, 0.2) is 29.2 Å². The highest BCUT2D eigenvalue weighted by molar-refractivity contribution is 7.92. The quantitative estimate of drug-likeness (QED) is 0.764. The minimum absolute atomic E-state index is 0.170. The molecular weight excluding hydrogens is 385 g/mol. The summed E-state index contributed by atoms with van der Waals surface area (Å²) in [5.41, 5.74) is -5.19. The van der Waals surface area contributed by atoms with Gasteiger partial charge in [-0.3, -0.25) is 9.69 Å². The number of ether oxygens (including phenoxy) is 1. The van der Waals surface area contributed by atoms with E-state index < -0.39 is 20.2 Å². The molecule has 1 unspecified atom stereocenters. The standard InChI is InChI=1S/C17H21F3N2O4S/c18-17(19,20)27(24,25)15-5-3-13(4-6-15)16(23)22-9-7-21(8-10-22)12-14-2-1-11-26-14/h3-6,14H,1-2,7-12H2. The van der Waals surface area contributed by atoms with Gasteiger partial charge in [0, 0.05) is 44.9 Å². The van der Waals surface area contributed by atoms with Crippen LogP contribution < -0.4 is 0 Å². The van der Waals surface area contributed by atoms with Crippen LogP contribution in [0.25, 0.3) is 0 Å². The van der Waals surface area contributed by atoms with Crippen molar-refractivity contribution < 1.29 is 31.1 Å². The Bertz CT molecular complexity index is 766. The van der Waals surface area contributed by atoms with E-state index >= 15 is 0 Å². The molecule has 150 valence electrons. The molecule has 1 aromatic carbocycles. The van der Waals surface area contributed by atoms with Gasteiger partial charge in [0.15, 0.2) is 0 Å². The predicted molar refractivity (Wildman–Crippen MR) is 91.0 cm³/mol. The summed E-state index contributed by atoms with van der Waals surface area (Å²) in [5, 5.41) is 0. The Morgan fingerprint density at radius 1 is 1.11 bits per heavy atom. The molecule has 0 radical (unpaired) electrons. The monoisotopic (exact) mass is 406 g/mol. The van der Waals surface area contributed by atoms with Crippen LogP contribution in [0.5, 0.6) is 0 Å². The minimum Gasteiger partial charge on any atom is -0.377 e. The Hall–Kier alpha value is -1.65. The maximum absolute atomic E-state index is 12.6. The van der Waals surface area contributed by atoms with E-state index in [1.807, 2.05) is 0 Å². The van der Waals surface area contributed by atoms with Gasteiger partial charge in [0.2, 0.25) is 0 Å². The summed E-state index contributed by atoms with van der Waals surface area (Å²) in [5.74, 6) is -0.317. The second kappa shape index (κ2) is 7.76. The van der Waals surface area contributed by atoms with Crippen LogP contribution in [0.2, 0.25) is 0 Å². The Morgan fingerprint density at radius 3 is 2.26 bits per heavy atom. The smallest absolute Gasteiger partial charge is 0.377 e. The molecule has 6 nitrogen and oxygen atoms in total. The van der Waals surface area contributed by atoms with Crippen LogP contribution in [-0.2, 0) is 14.6 Å². The number of amides is 1. The van der Waals surface area contributed by atoms with Gasteiger partial charge in [-0.25, -0.2) is 8.42 Å². The van der Waals surface area contributed by atoms with E-state index in [2.05, 4.69) is 4.90 Å². The molecule has 0 saturated carbocycles. The molecule has 2 fully saturated rings. The van der Waals surface area contributed by atoms with Crippen LogP contribution in [-0.4, -0.2) is 75.1 Å². The van der Waals surface area contributed by atoms with E-state index in [1.54, 1.807) is 4.90 Å². The zero-order chi connectivity index (χ0) is 19.7. The predicted octanol–water partition coefficient (Wildman–Crippen LogP) is 1.92. The number of piperazine rings is 1. The number of carbonyl (C=O) groups excluding carboxylic acids is 1. The number of sulfone groups is 1. The van der Waals surface area contributed by atoms with Crippen molar-refractivity contribution in [1.29, 1.82) is 0 Å². The molecule has 0 N–H and O–H groups in total. The van der Waals surface area contributed by atoms with Gasteiger partial charge < -0.3 is 9.64 Å². The lowest BCUT2D eigenvalue weighted by Gasteiger charge is -2.35. The highest BCUT2D eigenvalue weighted by Gasteiger charge is 2.46. The molecule has 1 atom stereocenters. The molecule has 0 aliphatic carbocycles. The van der Waals surface area contributed by atoms with Crippen molar-refractivity contribution >= 4 is 15.7 Å². The van der Waals surface area contributed by atoms with Gasteiger partial charge in [0.1, 0.15) is 0 Å². The van der Waals surface area contributed by atoms with Crippen LogP contribution in [0.4, 0.5) is 13.2 Å². The lowest BCUT2D eigenvalue weighted by atomic mass is 10.1. The van der Waals surface area contributed by atoms with Crippen molar-refractivity contribution in [3.8, 4) is 0 Å². The molecule has 1 amide bonds. The fourth-order valence-corrected chi connectivity index (χ4v) is 4.06. The number of rotatable bonds is 4. The first-order chi connectivity index (χ1) is 12.7. The van der Waals surface area contributed by atoms with Gasteiger partial charge in [0.25, 0.3) is 15.7 Å². The fourth-order valence-electron chi connectivity index (χ4n) is 3.30. The number of nitrogens with zero attached hydrogens (tertiary/aromatic N) is 2. The van der Waals surface area contributed by atoms with Gasteiger partial charge in [-0.05, 0) is 37.1 Å². The van der Waals surface area contributed by atoms with Crippen LogP contribution >= 0.6 is 0 Å². The maximum atomic E-state index is 12.6. The second-order valence-corrected chi connectivity index (χ2v) is 8.64. The summed E-state index contributed by atoms with van der Waals surface area (Å²) in [6.07, 6.45) is 2.37. The molecule has 10 heteroatoms. The lowest BCUT2D eigenvalue weighted by Crippen LogP contribution is -2.50. The van der Waals surface area contributed by atoms with Crippen LogP contribution in [0.3, 0.4) is 0 Å². The van der Waals surface area contributed by atoms with E-state index in [1.165, 1.54) is 0 Å². The van der Waals surface area contributed by atoms with E-state index in [0.29, 0.717) is 26.2 Å². The molecule has 2 aliphatic heterocycles. The van der Waals surface area contributed by atoms with E-state index in [9.17, 15) is 26.4 Å². The number of carbonyl (C=O) groups is 1. The summed E-state index contributed by atoms with van der Waals surface area (Å²) in [6, 6.07) is 3.90. The number of halogens is 3. The van der Waals surface area contributed by atoms with Crippen molar-refractivity contribution in [2.45, 2.75) is 29.3 Å². The minimum atomic E-state index is -5.41. The average molecular weight is 406 g/mol. The van der Waals surface area contributed by atoms with E-state index in [4.69, 9.17) is 4.74 Å². The summed E-state index contributed by atoms with van der Waals surface area (Å²) in [6.45, 7) is 4.05. The van der Waals surface area contributed by atoms with Crippen molar-refractivity contribution in [3.63, 3.8) is 0 Å². The summed E-state index contributed by atoms with van der Waals surface area (Å²) in [4.78, 5) is 15.5. The molecule has 1 aromatic rings. The Balaban J connectivity index is 1.58. The van der Waals surface area contributed by atoms with Crippen molar-refractivity contribution in [2.24, 2.45) is 0 Å². The SMILES string of the molecule is O=C(c1ccc(S(=O)(=O)C(F)(F)F)cc1)N1CCN(CC2CCCO2)CC1. The van der Waals surface area contributed by atoms with Gasteiger partial charge in [-0.2, -0.15) is 13.2 Å². The van der Waals surface area contributed by atoms with Crippen LogP contribution in [0, 0.1) is 0 Å². The molecule has 0 bridgehead atoms. The Morgan fingerprint density at radius 2 is 1.74 bits per heavy atom. The normalized spacial score (nSPS) is 22.2. The highest BCUT2D eigenvalue weighted by Crippen LogP contribution is 2.30. The molecule has 27 heavy (non-hydrogen) atoms. The maximum Gasteiger partial charge on any atom is 0.501 e. The van der Waals surface area contributed by atoms with E-state index in [0.717, 1.165) is 50.3 Å². The topological polar surface area (TPSA) is 66.9 Å². The van der Waals surface area contributed by atoms with Crippen molar-refractivity contribution in [2.75, 3.05) is 39.3 Å². The summed E-state index contributed by atoms with van der Waals surface area (Å²) in [7, 11) is -5.41. The second-order valence-electron chi connectivity index (χ2n) is 6.70. The van der Waals surface area contributed by atoms with Crippen LogP contribution in [0.1, 0.15) is 23.2 Å². The molecule has 0 spiro atoms. The lowest BCUT2D eigenvalue weighted by molar-refractivity contribution is -0.0436. The largest absolute Gasteiger partial charge is 0.501 e. The zero-order valence-electron chi connectivity index (χ0n) is 14.6. The average Bonchev–Trinajstić information content (AvgIpc) is 3.14. The summed E-state index contributed by atoms with van der Waals surface area (Å²) >= 11 is 0. The Labute approximate surface area is 155 Å². The van der Waals surface area contributed by atoms with Gasteiger partial charge in [-0.1, -0.05) is 0 Å². The molecule has 3 rings (SSSR count). The number of hydrogen-bond donors (Lipinski definition) is 0. The van der Waals surface area contributed by atoms with Crippen molar-refractivity contribution in [3.05, 3.63) is 29.8 Å².